The van der Waals surface area contributed by atoms with E-state index in [-0.39, 0.29) is 23.6 Å². The van der Waals surface area contributed by atoms with Gasteiger partial charge in [0.2, 0.25) is 5.91 Å². The molecule has 0 radical (unpaired) electrons. The maximum Gasteiger partial charge on any atom is 0.246 e. The molecule has 5 rings (SSSR count). The number of likely N-dealkylation sites (tertiary alicyclic amines) is 1. The van der Waals surface area contributed by atoms with Gasteiger partial charge in [0, 0.05) is 43.0 Å². The molecule has 1 fully saturated rings. The lowest BCUT2D eigenvalue weighted by Gasteiger charge is -2.16. The van der Waals surface area contributed by atoms with Gasteiger partial charge in [-0.1, -0.05) is 12.5 Å². The summed E-state index contributed by atoms with van der Waals surface area (Å²) in [5.41, 5.74) is 9.39. The van der Waals surface area contributed by atoms with E-state index in [1.807, 2.05) is 36.0 Å². The van der Waals surface area contributed by atoms with Crippen LogP contribution in [0.1, 0.15) is 47.9 Å². The van der Waals surface area contributed by atoms with Crippen LogP contribution in [0.3, 0.4) is 0 Å². The molecule has 1 aliphatic rings. The van der Waals surface area contributed by atoms with Gasteiger partial charge in [-0.2, -0.15) is 10.2 Å². The van der Waals surface area contributed by atoms with E-state index >= 15 is 0 Å². The van der Waals surface area contributed by atoms with Gasteiger partial charge in [0.05, 0.1) is 28.0 Å². The molecule has 1 aromatic carbocycles. The van der Waals surface area contributed by atoms with Crippen molar-refractivity contribution < 1.29 is 9.59 Å². The Hall–Kier alpha value is -4.45. The fourth-order valence-corrected chi connectivity index (χ4v) is 4.51. The standard InChI is InChI=1S/C26H25N7O2/c1-4-23(35)31-11-10-19(15-31)33-25-20(16(3)34)13-28-26(27)24(25)21(30-33)9-7-17-6-8-18-14-32(5-2)29-22(18)12-17/h4,6,8,12-14,19H,1,5,10-11,15H2,2-3H3,(H2,27,28)/t19-/m0/s1. The number of fused-ring (bicyclic) bond motifs is 2. The molecule has 9 nitrogen and oxygen atoms in total. The predicted octanol–water partition coefficient (Wildman–Crippen LogP) is 2.94. The summed E-state index contributed by atoms with van der Waals surface area (Å²) in [6, 6.07) is 5.75. The fraction of sp³-hybridized carbons (Fsp3) is 0.269. The molecule has 4 heterocycles. The van der Waals surface area contributed by atoms with E-state index in [0.29, 0.717) is 41.7 Å². The van der Waals surface area contributed by atoms with E-state index in [1.54, 1.807) is 9.58 Å². The first-order valence-corrected chi connectivity index (χ1v) is 11.5. The topological polar surface area (TPSA) is 112 Å². The van der Waals surface area contributed by atoms with Gasteiger partial charge >= 0.3 is 0 Å². The van der Waals surface area contributed by atoms with Crippen molar-refractivity contribution in [2.45, 2.75) is 32.9 Å². The van der Waals surface area contributed by atoms with Gasteiger partial charge in [0.25, 0.3) is 0 Å². The Labute approximate surface area is 202 Å². The Morgan fingerprint density at radius 1 is 1.29 bits per heavy atom. The molecular weight excluding hydrogens is 442 g/mol. The van der Waals surface area contributed by atoms with E-state index in [4.69, 9.17) is 10.8 Å². The quantitative estimate of drug-likeness (QED) is 0.281. The van der Waals surface area contributed by atoms with Gasteiger partial charge < -0.3 is 10.6 Å². The number of nitrogens with zero attached hydrogens (tertiary/aromatic N) is 6. The Morgan fingerprint density at radius 2 is 2.11 bits per heavy atom. The van der Waals surface area contributed by atoms with Crippen LogP contribution >= 0.6 is 0 Å². The second-order valence-corrected chi connectivity index (χ2v) is 8.57. The SMILES string of the molecule is C=CC(=O)N1CC[C@H](n2nc(C#Cc3ccc4cn(CC)nc4c3)c3c(N)ncc(C(C)=O)c32)C1. The maximum atomic E-state index is 12.5. The van der Waals surface area contributed by atoms with Crippen molar-refractivity contribution in [3.63, 3.8) is 0 Å². The summed E-state index contributed by atoms with van der Waals surface area (Å²) >= 11 is 0. The fourth-order valence-electron chi connectivity index (χ4n) is 4.51. The predicted molar refractivity (Wildman–Crippen MR) is 134 cm³/mol. The number of rotatable bonds is 4. The molecule has 2 N–H and O–H groups in total. The molecule has 176 valence electrons. The number of benzene rings is 1. The molecule has 1 saturated heterocycles. The Morgan fingerprint density at radius 3 is 2.86 bits per heavy atom. The van der Waals surface area contributed by atoms with Crippen LogP contribution in [-0.2, 0) is 11.3 Å². The first-order chi connectivity index (χ1) is 16.9. The van der Waals surface area contributed by atoms with Crippen LogP contribution in [0.5, 0.6) is 0 Å². The molecule has 1 amide bonds. The van der Waals surface area contributed by atoms with Crippen LogP contribution in [0.15, 0.2) is 43.2 Å². The highest BCUT2D eigenvalue weighted by Crippen LogP contribution is 2.32. The third-order valence-electron chi connectivity index (χ3n) is 6.33. The van der Waals surface area contributed by atoms with Crippen molar-refractivity contribution >= 4 is 39.3 Å². The van der Waals surface area contributed by atoms with Crippen LogP contribution in [0.25, 0.3) is 21.8 Å². The molecule has 35 heavy (non-hydrogen) atoms. The smallest absolute Gasteiger partial charge is 0.246 e. The molecule has 0 unspecified atom stereocenters. The zero-order chi connectivity index (χ0) is 24.7. The van der Waals surface area contributed by atoms with E-state index < -0.39 is 0 Å². The summed E-state index contributed by atoms with van der Waals surface area (Å²) in [6.45, 7) is 8.94. The number of anilines is 1. The van der Waals surface area contributed by atoms with Crippen LogP contribution < -0.4 is 5.73 Å². The van der Waals surface area contributed by atoms with E-state index in [0.717, 1.165) is 23.0 Å². The van der Waals surface area contributed by atoms with Gasteiger partial charge in [-0.25, -0.2) is 4.98 Å². The normalized spacial score (nSPS) is 15.4. The number of carbonyl (C=O) groups excluding carboxylic acids is 2. The van der Waals surface area contributed by atoms with Crippen LogP contribution in [0.4, 0.5) is 5.82 Å². The van der Waals surface area contributed by atoms with Crippen molar-refractivity contribution in [2.24, 2.45) is 0 Å². The molecule has 0 saturated carbocycles. The number of hydrogen-bond donors (Lipinski definition) is 1. The molecular formula is C26H25N7O2. The number of carbonyl (C=O) groups is 2. The molecule has 1 atom stereocenters. The molecule has 0 bridgehead atoms. The number of nitrogens with two attached hydrogens (primary N) is 1. The van der Waals surface area contributed by atoms with Gasteiger partial charge in [0.15, 0.2) is 5.78 Å². The molecule has 4 aromatic rings. The van der Waals surface area contributed by atoms with Crippen molar-refractivity contribution in [1.29, 1.82) is 0 Å². The number of aromatic nitrogens is 5. The van der Waals surface area contributed by atoms with Crippen LogP contribution in [0.2, 0.25) is 0 Å². The van der Waals surface area contributed by atoms with E-state index in [1.165, 1.54) is 19.2 Å². The lowest BCUT2D eigenvalue weighted by Crippen LogP contribution is -2.27. The first kappa shape index (κ1) is 22.3. The van der Waals surface area contributed by atoms with Crippen LogP contribution in [-0.4, -0.2) is 54.2 Å². The minimum atomic E-state index is -0.142. The molecule has 1 aliphatic heterocycles. The Kier molecular flexibility index (Phi) is 5.57. The number of pyridine rings is 1. The average molecular weight is 468 g/mol. The highest BCUT2D eigenvalue weighted by molar-refractivity contribution is 6.09. The zero-order valence-corrected chi connectivity index (χ0v) is 19.7. The molecule has 9 heteroatoms. The largest absolute Gasteiger partial charge is 0.383 e. The van der Waals surface area contributed by atoms with Crippen molar-refractivity contribution in [2.75, 3.05) is 18.8 Å². The van der Waals surface area contributed by atoms with Crippen LogP contribution in [0, 0.1) is 11.8 Å². The van der Waals surface area contributed by atoms with Gasteiger partial charge in [-0.05, 0) is 50.5 Å². The molecule has 0 spiro atoms. The minimum Gasteiger partial charge on any atom is -0.383 e. The number of aryl methyl sites for hydroxylation is 1. The average Bonchev–Trinajstić information content (AvgIpc) is 3.58. The Bertz CT molecular complexity index is 1570. The number of nitrogen functional groups attached to an aromatic ring is 1. The summed E-state index contributed by atoms with van der Waals surface area (Å²) in [4.78, 5) is 30.5. The lowest BCUT2D eigenvalue weighted by atomic mass is 10.1. The maximum absolute atomic E-state index is 12.5. The number of amides is 1. The van der Waals surface area contributed by atoms with Gasteiger partial charge in [0.1, 0.15) is 11.5 Å². The van der Waals surface area contributed by atoms with Crippen molar-refractivity contribution in [1.82, 2.24) is 29.4 Å². The number of Topliss-reactive ketones (excluding diaryl/α,β-unsaturated/α-hetero) is 1. The lowest BCUT2D eigenvalue weighted by molar-refractivity contribution is -0.125. The zero-order valence-electron chi connectivity index (χ0n) is 19.7. The number of ketones is 1. The van der Waals surface area contributed by atoms with Crippen molar-refractivity contribution in [3.05, 3.63) is 60.1 Å². The number of hydrogen-bond acceptors (Lipinski definition) is 6. The van der Waals surface area contributed by atoms with E-state index in [2.05, 4.69) is 28.5 Å². The highest BCUT2D eigenvalue weighted by Gasteiger charge is 2.30. The third kappa shape index (κ3) is 3.93. The molecule has 0 aliphatic carbocycles. The minimum absolute atomic E-state index is 0.119. The summed E-state index contributed by atoms with van der Waals surface area (Å²) in [7, 11) is 0. The second kappa shape index (κ2) is 8.72. The first-order valence-electron chi connectivity index (χ1n) is 11.5. The van der Waals surface area contributed by atoms with Crippen molar-refractivity contribution in [3.8, 4) is 11.8 Å². The van der Waals surface area contributed by atoms with Gasteiger partial charge in [-0.15, -0.1) is 0 Å². The second-order valence-electron chi connectivity index (χ2n) is 8.57. The monoisotopic (exact) mass is 467 g/mol. The summed E-state index contributed by atoms with van der Waals surface area (Å²) in [5.74, 6) is 6.30. The third-order valence-corrected chi connectivity index (χ3v) is 6.33. The Balaban J connectivity index is 1.62. The summed E-state index contributed by atoms with van der Waals surface area (Å²) in [5, 5.41) is 10.9. The van der Waals surface area contributed by atoms with Gasteiger partial charge in [-0.3, -0.25) is 19.0 Å². The summed E-state index contributed by atoms with van der Waals surface area (Å²) < 4.78 is 3.67. The van der Waals surface area contributed by atoms with E-state index in [9.17, 15) is 9.59 Å². The summed E-state index contributed by atoms with van der Waals surface area (Å²) in [6.07, 6.45) is 5.48. The highest BCUT2D eigenvalue weighted by atomic mass is 16.2. The molecule has 3 aromatic heterocycles.